The summed E-state index contributed by atoms with van der Waals surface area (Å²) >= 11 is 0. The minimum Gasteiger partial charge on any atom is -0.493 e. The average Bonchev–Trinajstić information content (AvgIpc) is 2.28. The van der Waals surface area contributed by atoms with Gasteiger partial charge in [-0.05, 0) is 12.1 Å². The monoisotopic (exact) mass is 209 g/mol. The lowest BCUT2D eigenvalue weighted by Crippen LogP contribution is -2.21. The molecule has 1 aromatic carbocycles. The molecule has 0 saturated carbocycles. The van der Waals surface area contributed by atoms with Gasteiger partial charge in [-0.2, -0.15) is 0 Å². The van der Waals surface area contributed by atoms with Gasteiger partial charge in [-0.3, -0.25) is 4.99 Å². The summed E-state index contributed by atoms with van der Waals surface area (Å²) in [5.74, 6) is 1.67. The Morgan fingerprint density at radius 1 is 1.27 bits per heavy atom. The number of hydrogen-bond acceptors (Lipinski definition) is 3. The van der Waals surface area contributed by atoms with Crippen LogP contribution in [0.4, 0.5) is 5.69 Å². The average molecular weight is 209 g/mol. The number of nitrogens with one attached hydrogen (secondary N) is 1. The zero-order valence-electron chi connectivity index (χ0n) is 9.07. The van der Waals surface area contributed by atoms with Crippen molar-refractivity contribution in [3.63, 3.8) is 0 Å². The fourth-order valence-electron chi connectivity index (χ4n) is 1.12. The molecule has 0 aliphatic rings. The largest absolute Gasteiger partial charge is 0.493 e. The van der Waals surface area contributed by atoms with E-state index < -0.39 is 0 Å². The first-order chi connectivity index (χ1) is 7.21. The van der Waals surface area contributed by atoms with Crippen molar-refractivity contribution in [3.8, 4) is 11.5 Å². The summed E-state index contributed by atoms with van der Waals surface area (Å²) in [6.07, 6.45) is 0. The van der Waals surface area contributed by atoms with Crippen molar-refractivity contribution in [2.45, 2.75) is 0 Å². The maximum Gasteiger partial charge on any atom is 0.192 e. The van der Waals surface area contributed by atoms with E-state index >= 15 is 0 Å². The van der Waals surface area contributed by atoms with Crippen LogP contribution in [-0.2, 0) is 0 Å². The standard InChI is InChI=1S/C10H15N3O2/c1-12-10(11)13-7-4-5-8(14-2)9(6-7)15-3/h4-6H,1-3H3,(H3,11,12,13). The second kappa shape index (κ2) is 5.09. The van der Waals surface area contributed by atoms with Crippen LogP contribution in [0.15, 0.2) is 23.2 Å². The van der Waals surface area contributed by atoms with E-state index in [-0.39, 0.29) is 0 Å². The summed E-state index contributed by atoms with van der Waals surface area (Å²) in [5, 5.41) is 2.91. The number of ether oxygens (including phenoxy) is 2. The van der Waals surface area contributed by atoms with Gasteiger partial charge in [0.15, 0.2) is 17.5 Å². The number of nitrogens with zero attached hydrogens (tertiary/aromatic N) is 1. The molecule has 15 heavy (non-hydrogen) atoms. The fraction of sp³-hybridized carbons (Fsp3) is 0.300. The Bertz CT molecular complexity index is 364. The van der Waals surface area contributed by atoms with Crippen LogP contribution in [0, 0.1) is 0 Å². The van der Waals surface area contributed by atoms with Gasteiger partial charge in [-0.25, -0.2) is 0 Å². The van der Waals surface area contributed by atoms with Crippen molar-refractivity contribution in [2.24, 2.45) is 10.7 Å². The Hall–Kier alpha value is -1.91. The van der Waals surface area contributed by atoms with E-state index in [1.165, 1.54) is 0 Å². The van der Waals surface area contributed by atoms with Crippen molar-refractivity contribution >= 4 is 11.6 Å². The van der Waals surface area contributed by atoms with Gasteiger partial charge in [0, 0.05) is 18.8 Å². The SMILES string of the molecule is CN=C(N)Nc1ccc(OC)c(OC)c1. The second-order valence-corrected chi connectivity index (χ2v) is 2.80. The molecule has 0 aliphatic heterocycles. The van der Waals surface area contributed by atoms with Crippen LogP contribution < -0.4 is 20.5 Å². The first-order valence-corrected chi connectivity index (χ1v) is 4.42. The first-order valence-electron chi connectivity index (χ1n) is 4.42. The molecule has 1 rings (SSSR count). The minimum atomic E-state index is 0.349. The van der Waals surface area contributed by atoms with Gasteiger partial charge in [0.25, 0.3) is 0 Å². The number of anilines is 1. The lowest BCUT2D eigenvalue weighted by Gasteiger charge is -2.10. The minimum absolute atomic E-state index is 0.349. The Labute approximate surface area is 88.9 Å². The molecule has 0 atom stereocenters. The molecule has 0 aromatic heterocycles. The summed E-state index contributed by atoms with van der Waals surface area (Å²) < 4.78 is 10.3. The van der Waals surface area contributed by atoms with Gasteiger partial charge in [0.05, 0.1) is 14.2 Å². The number of aliphatic imine (C=N–C) groups is 1. The van der Waals surface area contributed by atoms with Crippen LogP contribution in [0.2, 0.25) is 0 Å². The molecule has 0 radical (unpaired) electrons. The molecule has 0 fully saturated rings. The molecule has 0 spiro atoms. The van der Waals surface area contributed by atoms with Crippen molar-refractivity contribution < 1.29 is 9.47 Å². The van der Waals surface area contributed by atoms with Crippen molar-refractivity contribution in [1.82, 2.24) is 0 Å². The molecule has 0 heterocycles. The van der Waals surface area contributed by atoms with Gasteiger partial charge in [-0.15, -0.1) is 0 Å². The predicted octanol–water partition coefficient (Wildman–Crippen LogP) is 1.06. The fourth-order valence-corrected chi connectivity index (χ4v) is 1.12. The third kappa shape index (κ3) is 2.77. The van der Waals surface area contributed by atoms with Crippen LogP contribution in [0.25, 0.3) is 0 Å². The number of rotatable bonds is 3. The molecule has 0 aliphatic carbocycles. The van der Waals surface area contributed by atoms with Gasteiger partial charge >= 0.3 is 0 Å². The summed E-state index contributed by atoms with van der Waals surface area (Å²) in [5.41, 5.74) is 6.34. The van der Waals surface area contributed by atoms with Crippen LogP contribution in [0.1, 0.15) is 0 Å². The highest BCUT2D eigenvalue weighted by molar-refractivity contribution is 5.92. The highest BCUT2D eigenvalue weighted by Crippen LogP contribution is 2.29. The summed E-state index contributed by atoms with van der Waals surface area (Å²) in [6.45, 7) is 0. The van der Waals surface area contributed by atoms with E-state index in [4.69, 9.17) is 15.2 Å². The smallest absolute Gasteiger partial charge is 0.192 e. The highest BCUT2D eigenvalue weighted by atomic mass is 16.5. The van der Waals surface area contributed by atoms with Gasteiger partial charge < -0.3 is 20.5 Å². The van der Waals surface area contributed by atoms with Gasteiger partial charge in [-0.1, -0.05) is 0 Å². The molecule has 3 N–H and O–H groups in total. The van der Waals surface area contributed by atoms with E-state index in [0.29, 0.717) is 17.5 Å². The number of benzene rings is 1. The molecule has 82 valence electrons. The van der Waals surface area contributed by atoms with Gasteiger partial charge in [0.2, 0.25) is 0 Å². The maximum absolute atomic E-state index is 5.53. The van der Waals surface area contributed by atoms with E-state index in [2.05, 4.69) is 10.3 Å². The first kappa shape index (κ1) is 11.2. The summed E-state index contributed by atoms with van der Waals surface area (Å²) in [7, 11) is 4.79. The van der Waals surface area contributed by atoms with Crippen LogP contribution in [0.5, 0.6) is 11.5 Å². The number of nitrogens with two attached hydrogens (primary N) is 1. The van der Waals surface area contributed by atoms with Crippen molar-refractivity contribution in [2.75, 3.05) is 26.6 Å². The van der Waals surface area contributed by atoms with E-state index in [1.54, 1.807) is 33.4 Å². The van der Waals surface area contributed by atoms with E-state index in [9.17, 15) is 0 Å². The van der Waals surface area contributed by atoms with Crippen LogP contribution in [-0.4, -0.2) is 27.2 Å². The Kier molecular flexibility index (Phi) is 3.79. The normalized spacial score (nSPS) is 11.0. The maximum atomic E-state index is 5.53. The molecule has 0 amide bonds. The Morgan fingerprint density at radius 3 is 2.47 bits per heavy atom. The highest BCUT2D eigenvalue weighted by Gasteiger charge is 2.04. The van der Waals surface area contributed by atoms with E-state index in [1.807, 2.05) is 6.07 Å². The molecule has 5 nitrogen and oxygen atoms in total. The third-order valence-electron chi connectivity index (χ3n) is 1.90. The quantitative estimate of drug-likeness (QED) is 0.577. The Morgan fingerprint density at radius 2 is 1.93 bits per heavy atom. The third-order valence-corrected chi connectivity index (χ3v) is 1.90. The van der Waals surface area contributed by atoms with Crippen LogP contribution >= 0.6 is 0 Å². The number of guanidine groups is 1. The summed E-state index contributed by atoms with van der Waals surface area (Å²) in [4.78, 5) is 3.79. The zero-order chi connectivity index (χ0) is 11.3. The molecule has 5 heteroatoms. The van der Waals surface area contributed by atoms with Crippen LogP contribution in [0.3, 0.4) is 0 Å². The molecule has 0 bridgehead atoms. The molecule has 0 saturated heterocycles. The Balaban J connectivity index is 2.93. The predicted molar refractivity (Wildman–Crippen MR) is 60.7 cm³/mol. The molecule has 1 aromatic rings. The second-order valence-electron chi connectivity index (χ2n) is 2.80. The molecular weight excluding hydrogens is 194 g/mol. The zero-order valence-corrected chi connectivity index (χ0v) is 9.07. The molecule has 0 unspecified atom stereocenters. The van der Waals surface area contributed by atoms with Crippen molar-refractivity contribution in [3.05, 3.63) is 18.2 Å². The lowest BCUT2D eigenvalue weighted by molar-refractivity contribution is 0.355. The molecular formula is C10H15N3O2. The van der Waals surface area contributed by atoms with E-state index in [0.717, 1.165) is 5.69 Å². The number of methoxy groups -OCH3 is 2. The topological polar surface area (TPSA) is 68.9 Å². The van der Waals surface area contributed by atoms with Crippen molar-refractivity contribution in [1.29, 1.82) is 0 Å². The lowest BCUT2D eigenvalue weighted by atomic mass is 10.3. The van der Waals surface area contributed by atoms with Gasteiger partial charge in [0.1, 0.15) is 0 Å². The summed E-state index contributed by atoms with van der Waals surface area (Å²) in [6, 6.07) is 5.42. The number of hydrogen-bond donors (Lipinski definition) is 2.